The Labute approximate surface area is 154 Å². The molecule has 0 fully saturated rings. The van der Waals surface area contributed by atoms with Gasteiger partial charge in [-0.15, -0.1) is 11.3 Å². The maximum atomic E-state index is 14.2. The van der Waals surface area contributed by atoms with Gasteiger partial charge in [-0.2, -0.15) is 4.98 Å². The van der Waals surface area contributed by atoms with Gasteiger partial charge in [0.05, 0.1) is 10.9 Å². The molecule has 5 rings (SSSR count). The molecule has 0 amide bonds. The molecule has 0 saturated carbocycles. The van der Waals surface area contributed by atoms with E-state index in [0.717, 1.165) is 29.5 Å². The monoisotopic (exact) mass is 368 g/mol. The molecule has 2 aromatic heterocycles. The lowest BCUT2D eigenvalue weighted by molar-refractivity contribution is 0.0988. The van der Waals surface area contributed by atoms with Crippen molar-refractivity contribution in [2.24, 2.45) is 0 Å². The summed E-state index contributed by atoms with van der Waals surface area (Å²) < 4.78 is 20.4. The molecule has 0 N–H and O–H groups in total. The van der Waals surface area contributed by atoms with E-state index in [4.69, 9.17) is 4.74 Å². The van der Waals surface area contributed by atoms with Crippen LogP contribution in [0.2, 0.25) is 0 Å². The summed E-state index contributed by atoms with van der Waals surface area (Å²) in [6.45, 7) is 3.70. The number of hydrogen-bond donors (Lipinski definition) is 0. The number of halogens is 1. The van der Waals surface area contributed by atoms with E-state index in [2.05, 4.69) is 9.97 Å². The summed E-state index contributed by atoms with van der Waals surface area (Å²) in [4.78, 5) is 23.8. The first kappa shape index (κ1) is 15.9. The van der Waals surface area contributed by atoms with Crippen molar-refractivity contribution in [3.05, 3.63) is 45.3 Å². The first-order valence-electron chi connectivity index (χ1n) is 8.85. The number of Topliss-reactive ketones (excluding diaryl/α,β-unsaturated/α-hetero) is 1. The number of nitrogens with zero attached hydrogens (tertiary/aromatic N) is 2. The molecule has 6 heteroatoms. The highest BCUT2D eigenvalue weighted by atomic mass is 32.1. The molecule has 0 spiro atoms. The van der Waals surface area contributed by atoms with Crippen molar-refractivity contribution in [1.82, 2.24) is 9.97 Å². The molecule has 26 heavy (non-hydrogen) atoms. The predicted octanol–water partition coefficient (Wildman–Crippen LogP) is 5.11. The second-order valence-corrected chi connectivity index (χ2v) is 8.16. The van der Waals surface area contributed by atoms with Gasteiger partial charge in [-0.25, -0.2) is 9.37 Å². The number of hydrogen-bond acceptors (Lipinski definition) is 5. The topological polar surface area (TPSA) is 52.1 Å². The zero-order chi connectivity index (χ0) is 18.0. The minimum absolute atomic E-state index is 0.0698. The fraction of sp³-hybridized carbons (Fsp3) is 0.350. The van der Waals surface area contributed by atoms with Crippen LogP contribution in [-0.4, -0.2) is 15.8 Å². The summed E-state index contributed by atoms with van der Waals surface area (Å²) >= 11 is 1.70. The molecule has 0 aliphatic heterocycles. The number of carbonyl (C=O) groups excluding carboxylic acids is 1. The standard InChI is InChI=1S/C20H17FN2O2S/c1-9-8-13(24)18-14(7-6-12(21)16(9)18)25-19-17-11-4-3-5-15(11)26-20(17)23-10(2)22-19/h6-7,9H,3-5,8H2,1-2H3/t9-/m0/s1. The van der Waals surface area contributed by atoms with Gasteiger partial charge in [-0.1, -0.05) is 6.92 Å². The third-order valence-corrected chi connectivity index (χ3v) is 6.45. The number of fused-ring (bicyclic) bond motifs is 4. The van der Waals surface area contributed by atoms with Crippen molar-refractivity contribution in [2.75, 3.05) is 0 Å². The van der Waals surface area contributed by atoms with E-state index in [9.17, 15) is 9.18 Å². The largest absolute Gasteiger partial charge is 0.437 e. The van der Waals surface area contributed by atoms with Gasteiger partial charge >= 0.3 is 0 Å². The van der Waals surface area contributed by atoms with E-state index >= 15 is 0 Å². The molecule has 4 nitrogen and oxygen atoms in total. The Balaban J connectivity index is 1.69. The minimum Gasteiger partial charge on any atom is -0.437 e. The molecule has 0 unspecified atom stereocenters. The van der Waals surface area contributed by atoms with Gasteiger partial charge in [-0.3, -0.25) is 4.79 Å². The molecular formula is C20H17FN2O2S. The van der Waals surface area contributed by atoms with Crippen molar-refractivity contribution >= 4 is 27.3 Å². The Hall–Kier alpha value is -2.34. The molecule has 0 radical (unpaired) electrons. The lowest BCUT2D eigenvalue weighted by Crippen LogP contribution is -2.01. The van der Waals surface area contributed by atoms with Crippen LogP contribution in [0, 0.1) is 12.7 Å². The maximum absolute atomic E-state index is 14.2. The van der Waals surface area contributed by atoms with Crippen molar-refractivity contribution in [1.29, 1.82) is 0 Å². The molecule has 2 heterocycles. The van der Waals surface area contributed by atoms with Crippen LogP contribution in [0.4, 0.5) is 4.39 Å². The van der Waals surface area contributed by atoms with Crippen LogP contribution in [-0.2, 0) is 12.8 Å². The average molecular weight is 368 g/mol. The maximum Gasteiger partial charge on any atom is 0.231 e. The third-order valence-electron chi connectivity index (χ3n) is 5.27. The van der Waals surface area contributed by atoms with Crippen LogP contribution in [0.15, 0.2) is 12.1 Å². The Morgan fingerprint density at radius 1 is 1.27 bits per heavy atom. The highest BCUT2D eigenvalue weighted by molar-refractivity contribution is 7.19. The summed E-state index contributed by atoms with van der Waals surface area (Å²) in [5.41, 5.74) is 2.09. The minimum atomic E-state index is -0.342. The normalized spacial score (nSPS) is 18.4. The Morgan fingerprint density at radius 2 is 2.12 bits per heavy atom. The molecule has 132 valence electrons. The lowest BCUT2D eigenvalue weighted by atomic mass is 10.0. The Kier molecular flexibility index (Phi) is 3.41. The van der Waals surface area contributed by atoms with Crippen molar-refractivity contribution in [3.8, 4) is 11.6 Å². The molecule has 3 aromatic rings. The average Bonchev–Trinajstić information content (AvgIpc) is 3.23. The molecular weight excluding hydrogens is 351 g/mol. The van der Waals surface area contributed by atoms with Crippen LogP contribution >= 0.6 is 11.3 Å². The molecule has 1 atom stereocenters. The van der Waals surface area contributed by atoms with Gasteiger partial charge in [0, 0.05) is 16.9 Å². The zero-order valence-electron chi connectivity index (χ0n) is 14.6. The quantitative estimate of drug-likeness (QED) is 0.631. The summed E-state index contributed by atoms with van der Waals surface area (Å²) in [7, 11) is 0. The van der Waals surface area contributed by atoms with E-state index in [-0.39, 0.29) is 17.5 Å². The van der Waals surface area contributed by atoms with E-state index in [0.29, 0.717) is 35.0 Å². The van der Waals surface area contributed by atoms with Crippen LogP contribution in [0.5, 0.6) is 11.6 Å². The SMILES string of the molecule is Cc1nc(Oc2ccc(F)c3c2C(=O)C[C@@H]3C)c2c3c(sc2n1)CCC3. The molecule has 2 aliphatic carbocycles. The van der Waals surface area contributed by atoms with Gasteiger partial charge in [0.1, 0.15) is 22.2 Å². The second kappa shape index (κ2) is 5.58. The molecule has 2 aliphatic rings. The summed E-state index contributed by atoms with van der Waals surface area (Å²) in [6, 6.07) is 2.92. The number of benzene rings is 1. The summed E-state index contributed by atoms with van der Waals surface area (Å²) in [5, 5.41) is 0.949. The van der Waals surface area contributed by atoms with Gasteiger partial charge in [-0.05, 0) is 49.8 Å². The second-order valence-electron chi connectivity index (χ2n) is 7.08. The number of aryl methyl sites for hydroxylation is 3. The van der Waals surface area contributed by atoms with Gasteiger partial charge < -0.3 is 4.74 Å². The fourth-order valence-electron chi connectivity index (χ4n) is 4.15. The van der Waals surface area contributed by atoms with Crippen LogP contribution in [0.1, 0.15) is 57.9 Å². The number of ketones is 1. The van der Waals surface area contributed by atoms with Crippen LogP contribution in [0.25, 0.3) is 10.2 Å². The lowest BCUT2D eigenvalue weighted by Gasteiger charge is -2.12. The summed E-state index contributed by atoms with van der Waals surface area (Å²) in [5.74, 6) is 0.969. The van der Waals surface area contributed by atoms with Crippen LogP contribution in [0.3, 0.4) is 0 Å². The van der Waals surface area contributed by atoms with E-state index in [1.54, 1.807) is 17.4 Å². The first-order valence-corrected chi connectivity index (χ1v) is 9.67. The molecule has 0 bridgehead atoms. The zero-order valence-corrected chi connectivity index (χ0v) is 15.4. The fourth-order valence-corrected chi connectivity index (χ4v) is 5.45. The van der Waals surface area contributed by atoms with Gasteiger partial charge in [0.15, 0.2) is 5.78 Å². The van der Waals surface area contributed by atoms with Crippen LogP contribution < -0.4 is 4.74 Å². The number of rotatable bonds is 2. The highest BCUT2D eigenvalue weighted by Crippen LogP contribution is 2.44. The number of carbonyl (C=O) groups is 1. The number of thiophene rings is 1. The van der Waals surface area contributed by atoms with Crippen molar-refractivity contribution in [2.45, 2.75) is 45.4 Å². The van der Waals surface area contributed by atoms with Crippen molar-refractivity contribution < 1.29 is 13.9 Å². The van der Waals surface area contributed by atoms with E-state index < -0.39 is 0 Å². The number of ether oxygens (including phenoxy) is 1. The Morgan fingerprint density at radius 3 is 2.96 bits per heavy atom. The number of aromatic nitrogens is 2. The van der Waals surface area contributed by atoms with Crippen molar-refractivity contribution in [3.63, 3.8) is 0 Å². The Bertz CT molecular complexity index is 1090. The first-order chi connectivity index (χ1) is 12.5. The third kappa shape index (κ3) is 2.21. The molecule has 0 saturated heterocycles. The van der Waals surface area contributed by atoms with E-state index in [1.165, 1.54) is 16.5 Å². The highest BCUT2D eigenvalue weighted by Gasteiger charge is 2.33. The van der Waals surface area contributed by atoms with Gasteiger partial charge in [0.2, 0.25) is 5.88 Å². The summed E-state index contributed by atoms with van der Waals surface area (Å²) in [6.07, 6.45) is 3.51. The predicted molar refractivity (Wildman–Crippen MR) is 98.0 cm³/mol. The van der Waals surface area contributed by atoms with Gasteiger partial charge in [0.25, 0.3) is 0 Å². The molecule has 1 aromatic carbocycles. The van der Waals surface area contributed by atoms with E-state index in [1.807, 2.05) is 13.8 Å². The smallest absolute Gasteiger partial charge is 0.231 e.